The van der Waals surface area contributed by atoms with Gasteiger partial charge in [-0.1, -0.05) is 0 Å². The molecule has 0 spiro atoms. The van der Waals surface area contributed by atoms with Crippen LogP contribution in [0, 0.1) is 12.8 Å². The Bertz CT molecular complexity index is 842. The van der Waals surface area contributed by atoms with E-state index in [0.717, 1.165) is 24.4 Å². The minimum absolute atomic E-state index is 0.0766. The van der Waals surface area contributed by atoms with E-state index in [1.165, 1.54) is 0 Å². The van der Waals surface area contributed by atoms with Crippen LogP contribution in [0.4, 0.5) is 5.69 Å². The highest BCUT2D eigenvalue weighted by atomic mass is 16.2. The number of hydrogen-bond acceptors (Lipinski definition) is 4. The van der Waals surface area contributed by atoms with E-state index in [9.17, 15) is 9.59 Å². The zero-order valence-electron chi connectivity index (χ0n) is 15.1. The number of piperidine rings is 1. The van der Waals surface area contributed by atoms with Crippen LogP contribution in [0.1, 0.15) is 43.2 Å². The third kappa shape index (κ3) is 2.98. The third-order valence-electron chi connectivity index (χ3n) is 5.30. The Hall–Kier alpha value is -2.70. The molecule has 1 aliphatic carbocycles. The van der Waals surface area contributed by atoms with Crippen molar-refractivity contribution in [3.8, 4) is 0 Å². The zero-order valence-corrected chi connectivity index (χ0v) is 15.1. The first-order valence-electron chi connectivity index (χ1n) is 9.07. The van der Waals surface area contributed by atoms with Gasteiger partial charge in [0.25, 0.3) is 0 Å². The van der Waals surface area contributed by atoms with Gasteiger partial charge in [-0.25, -0.2) is 4.98 Å². The zero-order chi connectivity index (χ0) is 18.3. The summed E-state index contributed by atoms with van der Waals surface area (Å²) in [6.07, 6.45) is 8.23. The molecule has 7 nitrogen and oxygen atoms in total. The lowest BCUT2D eigenvalue weighted by Crippen LogP contribution is -2.48. The molecular weight excluding hydrogens is 330 g/mol. The third-order valence-corrected chi connectivity index (χ3v) is 5.30. The number of carbonyl (C=O) groups is 2. The van der Waals surface area contributed by atoms with Gasteiger partial charge >= 0.3 is 0 Å². The standard InChI is InChI=1S/C19H23N5O2/c1-12-15(4-3-9-20-12)22-19(26)14-7-8-16(25)24(13-5-6-13)17(14)18-21-10-11-23(18)2/h3-4,9-11,13-14,17H,5-8H2,1-2H3,(H,22,26)/t14-,17-/m0/s1. The van der Waals surface area contributed by atoms with Crippen molar-refractivity contribution in [3.63, 3.8) is 0 Å². The SMILES string of the molecule is Cc1ncccc1NC(=O)[C@H]1CCC(=O)N(C2CC2)[C@@H]1c1nccn1C. The molecule has 0 bridgehead atoms. The highest BCUT2D eigenvalue weighted by molar-refractivity contribution is 5.95. The number of imidazole rings is 1. The van der Waals surface area contributed by atoms with E-state index in [4.69, 9.17) is 0 Å². The lowest BCUT2D eigenvalue weighted by atomic mass is 9.86. The Kier molecular flexibility index (Phi) is 4.22. The molecule has 1 N–H and O–H groups in total. The van der Waals surface area contributed by atoms with Crippen molar-refractivity contribution >= 4 is 17.5 Å². The van der Waals surface area contributed by atoms with Gasteiger partial charge in [-0.3, -0.25) is 14.6 Å². The summed E-state index contributed by atoms with van der Waals surface area (Å²) in [5.74, 6) is 0.497. The van der Waals surface area contributed by atoms with Crippen LogP contribution in [0.3, 0.4) is 0 Å². The molecular formula is C19H23N5O2. The molecule has 1 saturated heterocycles. The van der Waals surface area contributed by atoms with Gasteiger partial charge in [-0.15, -0.1) is 0 Å². The van der Waals surface area contributed by atoms with E-state index in [1.807, 2.05) is 35.7 Å². The van der Waals surface area contributed by atoms with Crippen molar-refractivity contribution in [2.24, 2.45) is 13.0 Å². The minimum Gasteiger partial charge on any atom is -0.336 e. The van der Waals surface area contributed by atoms with Crippen molar-refractivity contribution in [2.75, 3.05) is 5.32 Å². The molecule has 2 fully saturated rings. The Balaban J connectivity index is 1.66. The molecule has 1 saturated carbocycles. The van der Waals surface area contributed by atoms with Crippen molar-refractivity contribution in [1.29, 1.82) is 0 Å². The van der Waals surface area contributed by atoms with E-state index in [1.54, 1.807) is 18.5 Å². The molecule has 2 amide bonds. The van der Waals surface area contributed by atoms with Gasteiger partial charge in [0.05, 0.1) is 17.3 Å². The Labute approximate surface area is 152 Å². The van der Waals surface area contributed by atoms with E-state index in [0.29, 0.717) is 18.5 Å². The number of hydrogen-bond donors (Lipinski definition) is 1. The van der Waals surface area contributed by atoms with E-state index < -0.39 is 0 Å². The maximum Gasteiger partial charge on any atom is 0.230 e. The molecule has 1 aliphatic heterocycles. The molecule has 4 rings (SSSR count). The molecule has 0 aromatic carbocycles. The minimum atomic E-state index is -0.325. The summed E-state index contributed by atoms with van der Waals surface area (Å²) in [5.41, 5.74) is 1.49. The van der Waals surface area contributed by atoms with Crippen molar-refractivity contribution in [2.45, 2.75) is 44.7 Å². The number of amides is 2. The lowest BCUT2D eigenvalue weighted by molar-refractivity contribution is -0.143. The molecule has 3 heterocycles. The van der Waals surface area contributed by atoms with Crippen LogP contribution in [-0.4, -0.2) is 37.3 Å². The van der Waals surface area contributed by atoms with Crippen LogP contribution < -0.4 is 5.32 Å². The van der Waals surface area contributed by atoms with E-state index in [-0.39, 0.29) is 29.8 Å². The topological polar surface area (TPSA) is 80.1 Å². The van der Waals surface area contributed by atoms with E-state index in [2.05, 4.69) is 15.3 Å². The molecule has 2 aromatic rings. The lowest BCUT2D eigenvalue weighted by Gasteiger charge is -2.40. The average molecular weight is 353 g/mol. The normalized spacial score (nSPS) is 23.2. The first-order valence-corrected chi connectivity index (χ1v) is 9.07. The molecule has 2 aromatic heterocycles. The van der Waals surface area contributed by atoms with Gasteiger partial charge in [0, 0.05) is 38.1 Å². The maximum atomic E-state index is 13.1. The fraction of sp³-hybridized carbons (Fsp3) is 0.474. The second-order valence-corrected chi connectivity index (χ2v) is 7.14. The number of likely N-dealkylation sites (tertiary alicyclic amines) is 1. The quantitative estimate of drug-likeness (QED) is 0.914. The molecule has 136 valence electrons. The first kappa shape index (κ1) is 16.8. The predicted octanol–water partition coefficient (Wildman–Crippen LogP) is 2.20. The van der Waals surface area contributed by atoms with Crippen molar-refractivity contribution in [3.05, 3.63) is 42.2 Å². The number of nitrogens with zero attached hydrogens (tertiary/aromatic N) is 4. The van der Waals surface area contributed by atoms with Gasteiger partial charge in [0.15, 0.2) is 0 Å². The highest BCUT2D eigenvalue weighted by Gasteiger charge is 2.48. The molecule has 26 heavy (non-hydrogen) atoms. The first-order chi connectivity index (χ1) is 12.6. The highest BCUT2D eigenvalue weighted by Crippen LogP contribution is 2.43. The number of anilines is 1. The maximum absolute atomic E-state index is 13.1. The summed E-state index contributed by atoms with van der Waals surface area (Å²) in [7, 11) is 1.91. The molecule has 2 atom stereocenters. The number of aromatic nitrogens is 3. The molecule has 0 radical (unpaired) electrons. The second kappa shape index (κ2) is 6.55. The van der Waals surface area contributed by atoms with Crippen LogP contribution in [-0.2, 0) is 16.6 Å². The predicted molar refractivity (Wildman–Crippen MR) is 96.1 cm³/mol. The van der Waals surface area contributed by atoms with Crippen LogP contribution in [0.5, 0.6) is 0 Å². The summed E-state index contributed by atoms with van der Waals surface area (Å²) in [4.78, 5) is 36.3. The van der Waals surface area contributed by atoms with Crippen LogP contribution >= 0.6 is 0 Å². The largest absolute Gasteiger partial charge is 0.336 e. The molecule has 2 aliphatic rings. The summed E-state index contributed by atoms with van der Waals surface area (Å²) in [6, 6.07) is 3.57. The monoisotopic (exact) mass is 353 g/mol. The summed E-state index contributed by atoms with van der Waals surface area (Å²) in [6.45, 7) is 1.87. The van der Waals surface area contributed by atoms with Gasteiger partial charge < -0.3 is 14.8 Å². The van der Waals surface area contributed by atoms with Gasteiger partial charge in [0.2, 0.25) is 11.8 Å². The number of aryl methyl sites for hydroxylation is 2. The summed E-state index contributed by atoms with van der Waals surface area (Å²) < 4.78 is 1.91. The van der Waals surface area contributed by atoms with Gasteiger partial charge in [-0.2, -0.15) is 0 Å². The fourth-order valence-corrected chi connectivity index (χ4v) is 3.78. The Morgan fingerprint density at radius 1 is 1.23 bits per heavy atom. The number of nitrogens with one attached hydrogen (secondary N) is 1. The number of rotatable bonds is 4. The van der Waals surface area contributed by atoms with Crippen LogP contribution in [0.15, 0.2) is 30.7 Å². The summed E-state index contributed by atoms with van der Waals surface area (Å²) >= 11 is 0. The Morgan fingerprint density at radius 2 is 2.04 bits per heavy atom. The van der Waals surface area contributed by atoms with Crippen LogP contribution in [0.2, 0.25) is 0 Å². The Morgan fingerprint density at radius 3 is 2.69 bits per heavy atom. The van der Waals surface area contributed by atoms with Gasteiger partial charge in [-0.05, 0) is 38.3 Å². The average Bonchev–Trinajstić information content (AvgIpc) is 3.37. The smallest absolute Gasteiger partial charge is 0.230 e. The second-order valence-electron chi connectivity index (χ2n) is 7.14. The van der Waals surface area contributed by atoms with Crippen molar-refractivity contribution < 1.29 is 9.59 Å². The molecule has 7 heteroatoms. The molecule has 0 unspecified atom stereocenters. The van der Waals surface area contributed by atoms with Crippen LogP contribution in [0.25, 0.3) is 0 Å². The van der Waals surface area contributed by atoms with Gasteiger partial charge in [0.1, 0.15) is 11.9 Å². The number of carbonyl (C=O) groups excluding carboxylic acids is 2. The van der Waals surface area contributed by atoms with E-state index >= 15 is 0 Å². The van der Waals surface area contributed by atoms with Crippen molar-refractivity contribution in [1.82, 2.24) is 19.4 Å². The fourth-order valence-electron chi connectivity index (χ4n) is 3.78. The number of pyridine rings is 1. The summed E-state index contributed by atoms with van der Waals surface area (Å²) in [5, 5.41) is 3.01.